The van der Waals surface area contributed by atoms with Gasteiger partial charge in [-0.05, 0) is 35.0 Å². The fourth-order valence-electron chi connectivity index (χ4n) is 1.53. The molecule has 0 saturated heterocycles. The maximum Gasteiger partial charge on any atom is 0.274 e. The molecular weight excluding hydrogens is 317 g/mol. The summed E-state index contributed by atoms with van der Waals surface area (Å²) in [5, 5.41) is 13.5. The van der Waals surface area contributed by atoms with Gasteiger partial charge in [0, 0.05) is 28.0 Å². The van der Waals surface area contributed by atoms with E-state index in [2.05, 4.69) is 26.2 Å². The highest BCUT2D eigenvalue weighted by molar-refractivity contribution is 9.10. The molecule has 7 heteroatoms. The average Bonchev–Trinajstić information content (AvgIpc) is 2.34. The first-order valence-electron chi connectivity index (χ1n) is 5.30. The van der Waals surface area contributed by atoms with Gasteiger partial charge >= 0.3 is 0 Å². The third-order valence-electron chi connectivity index (χ3n) is 2.48. The van der Waals surface area contributed by atoms with Crippen molar-refractivity contribution in [2.45, 2.75) is 6.92 Å². The third kappa shape index (κ3) is 3.05. The molecular formula is C12H9BrFN3O2. The minimum atomic E-state index is -0.544. The van der Waals surface area contributed by atoms with Gasteiger partial charge in [-0.1, -0.05) is 6.07 Å². The fourth-order valence-corrected chi connectivity index (χ4v) is 1.83. The van der Waals surface area contributed by atoms with E-state index < -0.39 is 10.7 Å². The Morgan fingerprint density at radius 2 is 2.16 bits per heavy atom. The SMILES string of the molecule is Cc1ccc(Nc2ncc(Br)cc2F)cc1[N+](=O)[O-]. The van der Waals surface area contributed by atoms with Crippen molar-refractivity contribution in [1.29, 1.82) is 0 Å². The Kier molecular flexibility index (Phi) is 3.75. The Hall–Kier alpha value is -2.02. The molecule has 0 aliphatic carbocycles. The van der Waals surface area contributed by atoms with Gasteiger partial charge in [-0.3, -0.25) is 10.1 Å². The summed E-state index contributed by atoms with van der Waals surface area (Å²) in [4.78, 5) is 14.2. The van der Waals surface area contributed by atoms with Gasteiger partial charge in [0.05, 0.1) is 4.92 Å². The highest BCUT2D eigenvalue weighted by Crippen LogP contribution is 2.25. The van der Waals surface area contributed by atoms with Crippen LogP contribution in [0.5, 0.6) is 0 Å². The predicted molar refractivity (Wildman–Crippen MR) is 73.0 cm³/mol. The van der Waals surface area contributed by atoms with Gasteiger partial charge in [0.15, 0.2) is 11.6 Å². The van der Waals surface area contributed by atoms with Crippen LogP contribution in [0.15, 0.2) is 34.9 Å². The van der Waals surface area contributed by atoms with E-state index in [0.29, 0.717) is 15.7 Å². The molecule has 0 radical (unpaired) electrons. The summed E-state index contributed by atoms with van der Waals surface area (Å²) in [7, 11) is 0. The first kappa shape index (κ1) is 13.4. The van der Waals surface area contributed by atoms with Gasteiger partial charge in [0.2, 0.25) is 0 Å². The molecule has 0 aliphatic heterocycles. The molecule has 1 N–H and O–H groups in total. The molecule has 2 rings (SSSR count). The summed E-state index contributed by atoms with van der Waals surface area (Å²) in [6.45, 7) is 1.64. The molecule has 19 heavy (non-hydrogen) atoms. The highest BCUT2D eigenvalue weighted by atomic mass is 79.9. The van der Waals surface area contributed by atoms with Crippen LogP contribution in [-0.4, -0.2) is 9.91 Å². The lowest BCUT2D eigenvalue weighted by Gasteiger charge is -2.07. The zero-order valence-electron chi connectivity index (χ0n) is 9.85. The number of hydrogen-bond donors (Lipinski definition) is 1. The number of benzene rings is 1. The molecule has 0 fully saturated rings. The lowest BCUT2D eigenvalue weighted by atomic mass is 10.2. The molecule has 5 nitrogen and oxygen atoms in total. The Bertz CT molecular complexity index is 649. The van der Waals surface area contributed by atoms with Crippen molar-refractivity contribution < 1.29 is 9.31 Å². The van der Waals surface area contributed by atoms with E-state index in [1.165, 1.54) is 18.3 Å². The van der Waals surface area contributed by atoms with Crippen LogP contribution in [0, 0.1) is 22.9 Å². The lowest BCUT2D eigenvalue weighted by molar-refractivity contribution is -0.385. The second kappa shape index (κ2) is 5.31. The summed E-state index contributed by atoms with van der Waals surface area (Å²) in [6.07, 6.45) is 1.44. The van der Waals surface area contributed by atoms with Gasteiger partial charge in [0.25, 0.3) is 5.69 Å². The number of pyridine rings is 1. The number of rotatable bonds is 3. The van der Waals surface area contributed by atoms with Crippen molar-refractivity contribution in [3.05, 3.63) is 56.4 Å². The average molecular weight is 326 g/mol. The normalized spacial score (nSPS) is 10.3. The second-order valence-corrected chi connectivity index (χ2v) is 4.78. The standard InChI is InChI=1S/C12H9BrFN3O2/c1-7-2-3-9(5-11(7)17(18)19)16-12-10(14)4-8(13)6-15-12/h2-6H,1H3,(H,15,16). The Morgan fingerprint density at radius 3 is 2.79 bits per heavy atom. The number of nitrogens with one attached hydrogen (secondary N) is 1. The number of halogens is 2. The molecule has 1 aromatic carbocycles. The van der Waals surface area contributed by atoms with Crippen LogP contribution in [0.3, 0.4) is 0 Å². The first-order chi connectivity index (χ1) is 8.97. The van der Waals surface area contributed by atoms with Gasteiger partial charge in [-0.2, -0.15) is 0 Å². The summed E-state index contributed by atoms with van der Waals surface area (Å²) in [5.74, 6) is -0.529. The lowest BCUT2D eigenvalue weighted by Crippen LogP contribution is -1.99. The molecule has 2 aromatic rings. The minimum Gasteiger partial charge on any atom is -0.338 e. The van der Waals surface area contributed by atoms with Crippen molar-refractivity contribution >= 4 is 33.1 Å². The van der Waals surface area contributed by atoms with Gasteiger partial charge in [-0.15, -0.1) is 0 Å². The third-order valence-corrected chi connectivity index (χ3v) is 2.91. The zero-order chi connectivity index (χ0) is 14.0. The van der Waals surface area contributed by atoms with Crippen molar-refractivity contribution in [2.24, 2.45) is 0 Å². The summed E-state index contributed by atoms with van der Waals surface area (Å²) >= 11 is 3.10. The van der Waals surface area contributed by atoms with Gasteiger partial charge in [-0.25, -0.2) is 9.37 Å². The van der Waals surface area contributed by atoms with Crippen LogP contribution >= 0.6 is 15.9 Å². The number of nitro benzene ring substituents is 1. The van der Waals surface area contributed by atoms with Crippen molar-refractivity contribution in [3.8, 4) is 0 Å². The molecule has 0 amide bonds. The van der Waals surface area contributed by atoms with E-state index >= 15 is 0 Å². The zero-order valence-corrected chi connectivity index (χ0v) is 11.4. The Balaban J connectivity index is 2.33. The molecule has 98 valence electrons. The van der Waals surface area contributed by atoms with E-state index in [1.54, 1.807) is 19.1 Å². The quantitative estimate of drug-likeness (QED) is 0.685. The van der Waals surface area contributed by atoms with Gasteiger partial charge < -0.3 is 5.32 Å². The van der Waals surface area contributed by atoms with E-state index in [9.17, 15) is 14.5 Å². The fraction of sp³-hybridized carbons (Fsp3) is 0.0833. The smallest absolute Gasteiger partial charge is 0.274 e. The summed E-state index contributed by atoms with van der Waals surface area (Å²) < 4.78 is 14.1. The summed E-state index contributed by atoms with van der Waals surface area (Å²) in [6, 6.07) is 5.83. The molecule has 0 atom stereocenters. The number of hydrogen-bond acceptors (Lipinski definition) is 4. The number of nitrogens with zero attached hydrogens (tertiary/aromatic N) is 2. The minimum absolute atomic E-state index is 0.0151. The van der Waals surface area contributed by atoms with Crippen molar-refractivity contribution in [2.75, 3.05) is 5.32 Å². The van der Waals surface area contributed by atoms with Crippen LogP contribution in [-0.2, 0) is 0 Å². The molecule has 0 spiro atoms. The molecule has 0 saturated carbocycles. The highest BCUT2D eigenvalue weighted by Gasteiger charge is 2.12. The molecule has 1 aromatic heterocycles. The number of aromatic nitrogens is 1. The van der Waals surface area contributed by atoms with E-state index in [4.69, 9.17) is 0 Å². The van der Waals surface area contributed by atoms with Crippen LogP contribution in [0.1, 0.15) is 5.56 Å². The second-order valence-electron chi connectivity index (χ2n) is 3.87. The van der Waals surface area contributed by atoms with E-state index in [-0.39, 0.29) is 11.5 Å². The van der Waals surface area contributed by atoms with E-state index in [1.807, 2.05) is 0 Å². The largest absolute Gasteiger partial charge is 0.338 e. The Labute approximate surface area is 116 Å². The van der Waals surface area contributed by atoms with Crippen molar-refractivity contribution in [1.82, 2.24) is 4.98 Å². The maximum absolute atomic E-state index is 13.6. The summed E-state index contributed by atoms with van der Waals surface area (Å²) in [5.41, 5.74) is 0.924. The number of aryl methyl sites for hydroxylation is 1. The maximum atomic E-state index is 13.6. The Morgan fingerprint density at radius 1 is 1.42 bits per heavy atom. The van der Waals surface area contributed by atoms with Gasteiger partial charge in [0.1, 0.15) is 0 Å². The van der Waals surface area contributed by atoms with Crippen LogP contribution in [0.2, 0.25) is 0 Å². The van der Waals surface area contributed by atoms with E-state index in [0.717, 1.165) is 0 Å². The first-order valence-corrected chi connectivity index (χ1v) is 6.10. The van der Waals surface area contributed by atoms with Crippen LogP contribution in [0.25, 0.3) is 0 Å². The number of anilines is 2. The topological polar surface area (TPSA) is 68.1 Å². The van der Waals surface area contributed by atoms with Crippen LogP contribution < -0.4 is 5.32 Å². The monoisotopic (exact) mass is 325 g/mol. The number of nitro groups is 1. The molecule has 0 bridgehead atoms. The predicted octanol–water partition coefficient (Wildman–Crippen LogP) is 3.94. The molecule has 0 aliphatic rings. The van der Waals surface area contributed by atoms with Crippen molar-refractivity contribution in [3.63, 3.8) is 0 Å². The van der Waals surface area contributed by atoms with Crippen LogP contribution in [0.4, 0.5) is 21.6 Å². The molecule has 0 unspecified atom stereocenters. The molecule has 1 heterocycles.